The van der Waals surface area contributed by atoms with Gasteiger partial charge in [0, 0.05) is 38.3 Å². The van der Waals surface area contributed by atoms with Gasteiger partial charge in [-0.25, -0.2) is 4.98 Å². The zero-order valence-corrected chi connectivity index (χ0v) is 12.2. The Morgan fingerprint density at radius 2 is 1.86 bits per heavy atom. The number of fused-ring (bicyclic) bond motifs is 2. The van der Waals surface area contributed by atoms with Crippen molar-refractivity contribution in [2.75, 3.05) is 39.4 Å². The second kappa shape index (κ2) is 5.49. The number of aromatic nitrogens is 2. The summed E-state index contributed by atoms with van der Waals surface area (Å²) in [6.07, 6.45) is 0.920. The van der Waals surface area contributed by atoms with Crippen LogP contribution in [0.3, 0.4) is 0 Å². The summed E-state index contributed by atoms with van der Waals surface area (Å²) in [4.78, 5) is 22.8. The van der Waals surface area contributed by atoms with Crippen LogP contribution in [0.15, 0.2) is 12.1 Å². The predicted octanol–water partition coefficient (Wildman–Crippen LogP) is 0.608. The second-order valence-electron chi connectivity index (χ2n) is 5.61. The molecule has 1 amide bonds. The van der Waals surface area contributed by atoms with Crippen molar-refractivity contribution in [3.63, 3.8) is 0 Å². The quantitative estimate of drug-likeness (QED) is 0.841. The highest BCUT2D eigenvalue weighted by molar-refractivity contribution is 5.79. The Balaban J connectivity index is 1.52. The predicted molar refractivity (Wildman–Crippen MR) is 80.0 cm³/mol. The number of H-pyrrole nitrogens is 1. The Hall–Kier alpha value is -2.28. The number of hydrogen-bond donors (Lipinski definition) is 1. The van der Waals surface area contributed by atoms with Crippen molar-refractivity contribution in [3.8, 4) is 11.5 Å². The van der Waals surface area contributed by atoms with Crippen LogP contribution in [0.5, 0.6) is 11.5 Å². The molecule has 22 heavy (non-hydrogen) atoms. The number of nitrogens with one attached hydrogen (secondary N) is 1. The van der Waals surface area contributed by atoms with Gasteiger partial charge in [0.15, 0.2) is 11.5 Å². The van der Waals surface area contributed by atoms with E-state index in [1.165, 1.54) is 0 Å². The summed E-state index contributed by atoms with van der Waals surface area (Å²) in [6.45, 7) is 5.22. The highest BCUT2D eigenvalue weighted by Gasteiger charge is 2.18. The third-order valence-corrected chi connectivity index (χ3v) is 4.12. The van der Waals surface area contributed by atoms with E-state index in [4.69, 9.17) is 9.47 Å². The first-order chi connectivity index (χ1) is 10.8. The van der Waals surface area contributed by atoms with Gasteiger partial charge in [-0.05, 0) is 0 Å². The van der Waals surface area contributed by atoms with Gasteiger partial charge >= 0.3 is 0 Å². The van der Waals surface area contributed by atoms with Gasteiger partial charge in [-0.3, -0.25) is 9.69 Å². The molecule has 4 rings (SSSR count). The Morgan fingerprint density at radius 1 is 1.14 bits per heavy atom. The maximum atomic E-state index is 10.7. The van der Waals surface area contributed by atoms with Crippen molar-refractivity contribution in [2.24, 2.45) is 0 Å². The zero-order chi connectivity index (χ0) is 14.9. The number of carbonyl (C=O) groups is 1. The van der Waals surface area contributed by atoms with Gasteiger partial charge in [-0.15, -0.1) is 0 Å². The summed E-state index contributed by atoms with van der Waals surface area (Å²) in [5.74, 6) is 2.46. The Morgan fingerprint density at radius 3 is 2.59 bits per heavy atom. The summed E-state index contributed by atoms with van der Waals surface area (Å²) in [5, 5.41) is 0. The molecule has 7 nitrogen and oxygen atoms in total. The molecule has 1 N–H and O–H groups in total. The standard InChI is InChI=1S/C15H18N4O3/c20-10-19-3-1-18(2-4-19)9-15-16-11-7-13-14(8-12(11)17-15)22-6-5-21-13/h7-8,10H,1-6,9H2,(H,16,17). The van der Waals surface area contributed by atoms with Crippen LogP contribution >= 0.6 is 0 Å². The molecule has 0 radical (unpaired) electrons. The minimum Gasteiger partial charge on any atom is -0.486 e. The fraction of sp³-hybridized carbons (Fsp3) is 0.467. The first-order valence-corrected chi connectivity index (χ1v) is 7.52. The van der Waals surface area contributed by atoms with Crippen LogP contribution in [0.1, 0.15) is 5.82 Å². The number of ether oxygens (including phenoxy) is 2. The van der Waals surface area contributed by atoms with Crippen LogP contribution in [0, 0.1) is 0 Å². The topological polar surface area (TPSA) is 70.7 Å². The molecule has 2 aromatic rings. The summed E-state index contributed by atoms with van der Waals surface area (Å²) in [5.41, 5.74) is 1.86. The van der Waals surface area contributed by atoms with Crippen molar-refractivity contribution in [2.45, 2.75) is 6.54 Å². The van der Waals surface area contributed by atoms with E-state index >= 15 is 0 Å². The fourth-order valence-corrected chi connectivity index (χ4v) is 2.91. The largest absolute Gasteiger partial charge is 0.486 e. The highest BCUT2D eigenvalue weighted by atomic mass is 16.6. The molecule has 2 aliphatic rings. The van der Waals surface area contributed by atoms with E-state index in [1.54, 1.807) is 4.90 Å². The average Bonchev–Trinajstić information content (AvgIpc) is 2.94. The van der Waals surface area contributed by atoms with Gasteiger partial charge in [-0.1, -0.05) is 0 Å². The van der Waals surface area contributed by atoms with E-state index in [9.17, 15) is 4.79 Å². The molecule has 1 fully saturated rings. The lowest BCUT2D eigenvalue weighted by Crippen LogP contribution is -2.45. The molecule has 2 aliphatic heterocycles. The number of hydrogen-bond acceptors (Lipinski definition) is 5. The molecule has 0 atom stereocenters. The Labute approximate surface area is 127 Å². The minimum atomic E-state index is 0.580. The second-order valence-corrected chi connectivity index (χ2v) is 5.61. The molecule has 0 unspecified atom stereocenters. The number of nitrogens with zero attached hydrogens (tertiary/aromatic N) is 3. The number of carbonyl (C=O) groups excluding carboxylic acids is 1. The lowest BCUT2D eigenvalue weighted by Gasteiger charge is -2.31. The third kappa shape index (κ3) is 2.48. The number of rotatable bonds is 3. The van der Waals surface area contributed by atoms with E-state index in [-0.39, 0.29) is 0 Å². The van der Waals surface area contributed by atoms with Gasteiger partial charge in [0.05, 0.1) is 17.6 Å². The molecule has 1 aromatic heterocycles. The van der Waals surface area contributed by atoms with Crippen molar-refractivity contribution in [1.82, 2.24) is 19.8 Å². The number of imidazole rings is 1. The molecule has 3 heterocycles. The molecular formula is C15H18N4O3. The molecule has 7 heteroatoms. The van der Waals surface area contributed by atoms with Gasteiger partial charge in [0.25, 0.3) is 0 Å². The number of piperazine rings is 1. The average molecular weight is 302 g/mol. The normalized spacial score (nSPS) is 18.6. The molecule has 116 valence electrons. The zero-order valence-electron chi connectivity index (χ0n) is 12.2. The van der Waals surface area contributed by atoms with Gasteiger partial charge < -0.3 is 19.4 Å². The van der Waals surface area contributed by atoms with Crippen molar-refractivity contribution >= 4 is 17.4 Å². The molecule has 0 bridgehead atoms. The highest BCUT2D eigenvalue weighted by Crippen LogP contribution is 2.33. The van der Waals surface area contributed by atoms with Crippen molar-refractivity contribution in [1.29, 1.82) is 0 Å². The van der Waals surface area contributed by atoms with Crippen LogP contribution < -0.4 is 9.47 Å². The SMILES string of the molecule is O=CN1CCN(Cc2nc3cc4c(cc3[nH]2)OCCO4)CC1. The third-order valence-electron chi connectivity index (χ3n) is 4.12. The molecule has 1 saturated heterocycles. The van der Waals surface area contributed by atoms with Crippen LogP contribution in [0.4, 0.5) is 0 Å². The van der Waals surface area contributed by atoms with Crippen LogP contribution in [0.25, 0.3) is 11.0 Å². The molecule has 0 spiro atoms. The fourth-order valence-electron chi connectivity index (χ4n) is 2.91. The summed E-state index contributed by atoms with van der Waals surface area (Å²) in [6, 6.07) is 3.87. The maximum Gasteiger partial charge on any atom is 0.209 e. The monoisotopic (exact) mass is 302 g/mol. The van der Waals surface area contributed by atoms with E-state index < -0.39 is 0 Å². The molecule has 1 aromatic carbocycles. The lowest BCUT2D eigenvalue weighted by molar-refractivity contribution is -0.119. The summed E-state index contributed by atoms with van der Waals surface area (Å²) < 4.78 is 11.2. The smallest absolute Gasteiger partial charge is 0.209 e. The Bertz CT molecular complexity index is 648. The number of aromatic amines is 1. The minimum absolute atomic E-state index is 0.580. The molecule has 0 saturated carbocycles. The van der Waals surface area contributed by atoms with Crippen LogP contribution in [0.2, 0.25) is 0 Å². The maximum absolute atomic E-state index is 10.7. The lowest BCUT2D eigenvalue weighted by atomic mass is 10.2. The van der Waals surface area contributed by atoms with Crippen LogP contribution in [-0.4, -0.2) is 65.6 Å². The molecule has 0 aliphatic carbocycles. The number of benzene rings is 1. The van der Waals surface area contributed by atoms with E-state index in [1.807, 2.05) is 12.1 Å². The van der Waals surface area contributed by atoms with Gasteiger partial charge in [0.1, 0.15) is 19.0 Å². The first-order valence-electron chi connectivity index (χ1n) is 7.52. The van der Waals surface area contributed by atoms with E-state index in [0.29, 0.717) is 13.2 Å². The van der Waals surface area contributed by atoms with Crippen molar-refractivity contribution in [3.05, 3.63) is 18.0 Å². The number of amides is 1. The van der Waals surface area contributed by atoms with Gasteiger partial charge in [-0.2, -0.15) is 0 Å². The Kier molecular flexibility index (Phi) is 3.34. The van der Waals surface area contributed by atoms with Crippen molar-refractivity contribution < 1.29 is 14.3 Å². The van der Waals surface area contributed by atoms with Gasteiger partial charge in [0.2, 0.25) is 6.41 Å². The summed E-state index contributed by atoms with van der Waals surface area (Å²) >= 11 is 0. The van der Waals surface area contributed by atoms with E-state index in [2.05, 4.69) is 14.9 Å². The molecular weight excluding hydrogens is 284 g/mol. The van der Waals surface area contributed by atoms with Crippen LogP contribution in [-0.2, 0) is 11.3 Å². The van der Waals surface area contributed by atoms with E-state index in [0.717, 1.165) is 67.5 Å². The summed E-state index contributed by atoms with van der Waals surface area (Å²) in [7, 11) is 0. The first kappa shape index (κ1) is 13.4.